The summed E-state index contributed by atoms with van der Waals surface area (Å²) in [7, 11) is 1.82. The molecule has 10 nitrogen and oxygen atoms in total. The van der Waals surface area contributed by atoms with Gasteiger partial charge in [-0.15, -0.1) is 0 Å². The number of carbonyl (C=O) groups excluding carboxylic acids is 1. The molecule has 0 saturated carbocycles. The predicted molar refractivity (Wildman–Crippen MR) is 108 cm³/mol. The first-order chi connectivity index (χ1) is 14.2. The van der Waals surface area contributed by atoms with Gasteiger partial charge < -0.3 is 25.8 Å². The fourth-order valence-electron chi connectivity index (χ4n) is 3.01. The number of benzene rings is 2. The van der Waals surface area contributed by atoms with Gasteiger partial charge in [0.2, 0.25) is 0 Å². The van der Waals surface area contributed by atoms with Crippen molar-refractivity contribution in [3.63, 3.8) is 0 Å². The number of carboxylic acid groups (broad SMARTS) is 2. The number of fused-ring (bicyclic) bond motifs is 1. The van der Waals surface area contributed by atoms with Gasteiger partial charge in [0.05, 0.1) is 17.5 Å². The van der Waals surface area contributed by atoms with Crippen molar-refractivity contribution in [3.8, 4) is 11.4 Å². The van der Waals surface area contributed by atoms with Crippen LogP contribution in [0, 0.1) is 5.41 Å². The highest BCUT2D eigenvalue weighted by atomic mass is 16.4. The summed E-state index contributed by atoms with van der Waals surface area (Å²) in [6.07, 6.45) is -0.729. The molecule has 154 valence electrons. The molecule has 1 atom stereocenters. The Morgan fingerprint density at radius 2 is 1.77 bits per heavy atom. The van der Waals surface area contributed by atoms with Crippen LogP contribution >= 0.6 is 0 Å². The van der Waals surface area contributed by atoms with Crippen molar-refractivity contribution < 1.29 is 24.6 Å². The SMILES string of the molecule is Cn1c(-c2ccc(C(=N)N)cc2)nc2cc(C(=O)NC(CC(=O)O)C(=O)O)ccc21. The quantitative estimate of drug-likeness (QED) is 0.288. The molecule has 1 heterocycles. The first-order valence-electron chi connectivity index (χ1n) is 8.84. The van der Waals surface area contributed by atoms with Crippen molar-refractivity contribution >= 4 is 34.7 Å². The second-order valence-corrected chi connectivity index (χ2v) is 6.65. The number of hydrogen-bond acceptors (Lipinski definition) is 5. The zero-order chi connectivity index (χ0) is 22.0. The monoisotopic (exact) mass is 409 g/mol. The number of nitrogen functional groups attached to an aromatic ring is 1. The second-order valence-electron chi connectivity index (χ2n) is 6.65. The van der Waals surface area contributed by atoms with Crippen LogP contribution in [0.25, 0.3) is 22.4 Å². The van der Waals surface area contributed by atoms with Crippen molar-refractivity contribution in [3.05, 3.63) is 53.6 Å². The zero-order valence-electron chi connectivity index (χ0n) is 15.9. The number of aryl methyl sites for hydroxylation is 1. The van der Waals surface area contributed by atoms with Gasteiger partial charge in [-0.2, -0.15) is 0 Å². The number of nitrogens with one attached hydrogen (secondary N) is 2. The van der Waals surface area contributed by atoms with E-state index in [0.717, 1.165) is 11.1 Å². The summed E-state index contributed by atoms with van der Waals surface area (Å²) in [4.78, 5) is 38.9. The van der Waals surface area contributed by atoms with Crippen molar-refractivity contribution in [1.29, 1.82) is 5.41 Å². The summed E-state index contributed by atoms with van der Waals surface area (Å²) in [5, 5.41) is 27.6. The largest absolute Gasteiger partial charge is 0.481 e. The van der Waals surface area contributed by atoms with E-state index in [-0.39, 0.29) is 11.4 Å². The van der Waals surface area contributed by atoms with Crippen LogP contribution in [0.3, 0.4) is 0 Å². The normalized spacial score (nSPS) is 11.8. The van der Waals surface area contributed by atoms with E-state index in [0.29, 0.717) is 16.9 Å². The third kappa shape index (κ3) is 4.12. The number of amides is 1. The third-order valence-corrected chi connectivity index (χ3v) is 4.58. The van der Waals surface area contributed by atoms with Crippen molar-refractivity contribution in [2.75, 3.05) is 0 Å². The summed E-state index contributed by atoms with van der Waals surface area (Å²) in [5.74, 6) is -2.87. The molecule has 1 amide bonds. The highest BCUT2D eigenvalue weighted by Gasteiger charge is 2.24. The summed E-state index contributed by atoms with van der Waals surface area (Å²) in [6.45, 7) is 0. The number of nitrogens with zero attached hydrogens (tertiary/aromatic N) is 2. The summed E-state index contributed by atoms with van der Waals surface area (Å²) >= 11 is 0. The van der Waals surface area contributed by atoms with E-state index < -0.39 is 30.3 Å². The van der Waals surface area contributed by atoms with Crippen molar-refractivity contribution in [1.82, 2.24) is 14.9 Å². The van der Waals surface area contributed by atoms with Crippen LogP contribution in [0.1, 0.15) is 22.3 Å². The Balaban J connectivity index is 1.91. The van der Waals surface area contributed by atoms with Gasteiger partial charge in [-0.3, -0.25) is 15.0 Å². The molecule has 0 aliphatic carbocycles. The summed E-state index contributed by atoms with van der Waals surface area (Å²) in [5.41, 5.74) is 8.28. The average Bonchev–Trinajstić information content (AvgIpc) is 3.03. The molecular formula is C20H19N5O5. The number of aromatic nitrogens is 2. The standard InChI is InChI=1S/C20H19N5O5/c1-25-15-7-6-12(19(28)24-14(20(29)30)9-16(26)27)8-13(15)23-18(25)11-4-2-10(3-5-11)17(21)22/h2-8,14H,9H2,1H3,(H3,21,22)(H,24,28)(H,26,27)(H,29,30). The van der Waals surface area contributed by atoms with Crippen LogP contribution < -0.4 is 11.1 Å². The lowest BCUT2D eigenvalue weighted by atomic mass is 10.1. The smallest absolute Gasteiger partial charge is 0.326 e. The van der Waals surface area contributed by atoms with Crippen LogP contribution in [-0.2, 0) is 16.6 Å². The van der Waals surface area contributed by atoms with E-state index in [1.54, 1.807) is 30.3 Å². The Kier molecular flexibility index (Phi) is 5.50. The fraction of sp³-hybridized carbons (Fsp3) is 0.150. The molecule has 0 aliphatic heterocycles. The fourth-order valence-corrected chi connectivity index (χ4v) is 3.01. The van der Waals surface area contributed by atoms with Crippen molar-refractivity contribution in [2.45, 2.75) is 12.5 Å². The molecule has 0 saturated heterocycles. The number of nitrogens with two attached hydrogens (primary N) is 1. The first kappa shape index (κ1) is 20.5. The zero-order valence-corrected chi connectivity index (χ0v) is 15.9. The topological polar surface area (TPSA) is 171 Å². The number of carbonyl (C=O) groups is 3. The molecule has 0 radical (unpaired) electrons. The lowest BCUT2D eigenvalue weighted by Crippen LogP contribution is -2.42. The second kappa shape index (κ2) is 8.03. The van der Waals surface area contributed by atoms with Gasteiger partial charge in [-0.05, 0) is 18.2 Å². The average molecular weight is 409 g/mol. The van der Waals surface area contributed by atoms with Crippen LogP contribution in [0.4, 0.5) is 0 Å². The van der Waals surface area contributed by atoms with E-state index in [4.69, 9.17) is 21.4 Å². The Hall–Kier alpha value is -4.21. The third-order valence-electron chi connectivity index (χ3n) is 4.58. The number of hydrogen-bond donors (Lipinski definition) is 5. The molecule has 10 heteroatoms. The Morgan fingerprint density at radius 1 is 1.13 bits per heavy atom. The minimum Gasteiger partial charge on any atom is -0.481 e. The van der Waals surface area contributed by atoms with Crippen LogP contribution in [0.5, 0.6) is 0 Å². The maximum atomic E-state index is 12.4. The number of amidine groups is 1. The lowest BCUT2D eigenvalue weighted by molar-refractivity contribution is -0.145. The van der Waals surface area contributed by atoms with Crippen LogP contribution in [-0.4, -0.2) is 49.5 Å². The van der Waals surface area contributed by atoms with E-state index in [2.05, 4.69) is 10.3 Å². The molecule has 2 aromatic carbocycles. The van der Waals surface area contributed by atoms with E-state index in [1.165, 1.54) is 12.1 Å². The molecule has 1 aromatic heterocycles. The Labute approximate surface area is 170 Å². The molecule has 0 aliphatic rings. The van der Waals surface area contributed by atoms with Gasteiger partial charge in [0.25, 0.3) is 5.91 Å². The Morgan fingerprint density at radius 3 is 2.33 bits per heavy atom. The molecule has 0 spiro atoms. The molecule has 3 rings (SSSR count). The molecule has 3 aromatic rings. The predicted octanol–water partition coefficient (Wildman–Crippen LogP) is 1.18. The van der Waals surface area contributed by atoms with Gasteiger partial charge in [0.1, 0.15) is 17.7 Å². The Bertz CT molecular complexity index is 1170. The first-order valence-corrected chi connectivity index (χ1v) is 8.84. The van der Waals surface area contributed by atoms with Gasteiger partial charge >= 0.3 is 11.9 Å². The van der Waals surface area contributed by atoms with Crippen LogP contribution in [0.2, 0.25) is 0 Å². The highest BCUT2D eigenvalue weighted by molar-refractivity contribution is 6.00. The number of aliphatic carboxylic acids is 2. The van der Waals surface area contributed by atoms with Crippen LogP contribution in [0.15, 0.2) is 42.5 Å². The highest BCUT2D eigenvalue weighted by Crippen LogP contribution is 2.25. The number of imidazole rings is 1. The molecule has 0 bridgehead atoms. The maximum Gasteiger partial charge on any atom is 0.326 e. The molecule has 6 N–H and O–H groups in total. The summed E-state index contributed by atoms with van der Waals surface area (Å²) < 4.78 is 1.84. The molecular weight excluding hydrogens is 390 g/mol. The minimum atomic E-state index is -1.54. The van der Waals surface area contributed by atoms with Gasteiger partial charge in [-0.1, -0.05) is 24.3 Å². The van der Waals surface area contributed by atoms with Gasteiger partial charge in [0.15, 0.2) is 0 Å². The number of rotatable bonds is 7. The number of carboxylic acids is 2. The lowest BCUT2D eigenvalue weighted by Gasteiger charge is -2.12. The molecule has 1 unspecified atom stereocenters. The van der Waals surface area contributed by atoms with E-state index in [9.17, 15) is 14.4 Å². The molecule has 30 heavy (non-hydrogen) atoms. The van der Waals surface area contributed by atoms with Gasteiger partial charge in [0, 0.05) is 23.7 Å². The summed E-state index contributed by atoms with van der Waals surface area (Å²) in [6, 6.07) is 10.2. The van der Waals surface area contributed by atoms with E-state index >= 15 is 0 Å². The minimum absolute atomic E-state index is 0.0373. The molecule has 0 fully saturated rings. The van der Waals surface area contributed by atoms with E-state index in [1.807, 2.05) is 11.6 Å². The van der Waals surface area contributed by atoms with Gasteiger partial charge in [-0.25, -0.2) is 9.78 Å². The van der Waals surface area contributed by atoms with Crippen molar-refractivity contribution in [2.24, 2.45) is 12.8 Å². The maximum absolute atomic E-state index is 12.4.